The average Bonchev–Trinajstić information content (AvgIpc) is 3.86. The summed E-state index contributed by atoms with van der Waals surface area (Å²) in [6.07, 6.45) is -3.23. The first-order valence-electron chi connectivity index (χ1n) is 13.0. The van der Waals surface area contributed by atoms with Crippen LogP contribution in [0.4, 0.5) is 43.9 Å². The fourth-order valence-corrected chi connectivity index (χ4v) is 8.26. The second-order valence-electron chi connectivity index (χ2n) is 10.2. The summed E-state index contributed by atoms with van der Waals surface area (Å²) in [5.74, 6) is -31.5. The first-order valence-corrected chi connectivity index (χ1v) is 14.6. The van der Waals surface area contributed by atoms with E-state index in [0.29, 0.717) is 22.7 Å². The van der Waals surface area contributed by atoms with Gasteiger partial charge in [0, 0.05) is 11.1 Å². The van der Waals surface area contributed by atoms with Crippen LogP contribution in [0.3, 0.4) is 0 Å². The largest absolute Gasteiger partial charge is 0.339 e. The lowest BCUT2D eigenvalue weighted by Gasteiger charge is -2.44. The molecule has 2 aromatic heterocycles. The van der Waals surface area contributed by atoms with Gasteiger partial charge in [0.15, 0.2) is 58.5 Å². The van der Waals surface area contributed by atoms with Crippen molar-refractivity contribution in [1.29, 1.82) is 0 Å². The van der Waals surface area contributed by atoms with Gasteiger partial charge >= 0.3 is 0 Å². The number of ketones is 2. The lowest BCUT2D eigenvalue weighted by Crippen LogP contribution is -2.53. The lowest BCUT2D eigenvalue weighted by atomic mass is 9.84. The number of allylic oxidation sites excluding steroid dienone is 4. The summed E-state index contributed by atoms with van der Waals surface area (Å²) < 4.78 is 166. The first kappa shape index (κ1) is 31.2. The Morgan fingerprint density at radius 2 is 1.04 bits per heavy atom. The summed E-state index contributed by atoms with van der Waals surface area (Å²) in [7, 11) is 0. The van der Waals surface area contributed by atoms with E-state index in [1.54, 1.807) is 0 Å². The van der Waals surface area contributed by atoms with Gasteiger partial charge in [-0.2, -0.15) is 0 Å². The molecule has 2 spiro atoms. The molecule has 0 N–H and O–H groups in total. The van der Waals surface area contributed by atoms with Crippen LogP contribution in [0.25, 0.3) is 9.75 Å². The Labute approximate surface area is 257 Å². The molecule has 1 aromatic carbocycles. The van der Waals surface area contributed by atoms with Crippen LogP contribution in [0.2, 0.25) is 0 Å². The Kier molecular flexibility index (Phi) is 7.15. The highest BCUT2D eigenvalue weighted by molar-refractivity contribution is 7.24. The highest BCUT2D eigenvalue weighted by atomic mass is 32.1. The number of ether oxygens (including phenoxy) is 4. The van der Waals surface area contributed by atoms with E-state index in [1.807, 2.05) is 0 Å². The normalized spacial score (nSPS) is 23.1. The van der Waals surface area contributed by atoms with E-state index in [-0.39, 0.29) is 47.3 Å². The predicted octanol–water partition coefficient (Wildman–Crippen LogP) is 7.27. The quantitative estimate of drug-likeness (QED) is 0.124. The Morgan fingerprint density at radius 3 is 1.54 bits per heavy atom. The average molecular weight is 699 g/mol. The second kappa shape index (κ2) is 10.5. The summed E-state index contributed by atoms with van der Waals surface area (Å²) in [5.41, 5.74) is -1.93. The van der Waals surface area contributed by atoms with E-state index in [4.69, 9.17) is 18.9 Å². The van der Waals surface area contributed by atoms with Gasteiger partial charge in [-0.1, -0.05) is 0 Å². The van der Waals surface area contributed by atoms with Crippen molar-refractivity contribution in [3.63, 3.8) is 0 Å². The third-order valence-corrected chi connectivity index (χ3v) is 10.3. The number of hydrogen-bond donors (Lipinski definition) is 0. The Balaban J connectivity index is 1.42. The van der Waals surface area contributed by atoms with Crippen LogP contribution in [-0.2, 0) is 30.5 Å². The molecule has 3 aromatic rings. The van der Waals surface area contributed by atoms with Gasteiger partial charge in [0.25, 0.3) is 11.6 Å². The van der Waals surface area contributed by atoms with E-state index < -0.39 is 103 Å². The maximum Gasteiger partial charge on any atom is 0.257 e. The van der Waals surface area contributed by atoms with Gasteiger partial charge in [-0.05, 0) is 12.1 Å². The number of carbonyl (C=O) groups is 2. The smallest absolute Gasteiger partial charge is 0.257 e. The van der Waals surface area contributed by atoms with E-state index in [2.05, 4.69) is 0 Å². The summed E-state index contributed by atoms with van der Waals surface area (Å²) in [6.45, 7) is -0.465. The molecule has 6 nitrogen and oxygen atoms in total. The highest BCUT2D eigenvalue weighted by Gasteiger charge is 2.68. The van der Waals surface area contributed by atoms with Gasteiger partial charge < -0.3 is 18.9 Å². The van der Waals surface area contributed by atoms with Crippen LogP contribution in [0.15, 0.2) is 35.4 Å². The van der Waals surface area contributed by atoms with Gasteiger partial charge in [-0.15, -0.1) is 22.7 Å². The topological polar surface area (TPSA) is 71.1 Å². The minimum atomic E-state index is -3.23. The van der Waals surface area contributed by atoms with E-state index >= 15 is 0 Å². The standard InChI is InChI=1S/C28H12F10O6S2/c29-13-11(14(30)18(34)21(37)17(13)33)23(39)9-5-7-25(45-9)26-8(28(43-3-4-44-28)27(7)41-1-2-42-27)6-10(46-26)24(40)12-15(31)19(35)22(38)20(36)16(12)32/h5-6,11,13H,1-4H2. The molecule has 0 radical (unpaired) electrons. The number of Topliss-reactive ketones (excluding diaryl/α,β-unsaturated/α-hetero) is 1. The zero-order chi connectivity index (χ0) is 33.0. The monoisotopic (exact) mass is 698 g/mol. The highest BCUT2D eigenvalue weighted by Crippen LogP contribution is 2.63. The minimum absolute atomic E-state index is 0.0234. The van der Waals surface area contributed by atoms with Gasteiger partial charge in [-0.25, -0.2) is 43.9 Å². The molecule has 2 aliphatic carbocycles. The number of rotatable bonds is 4. The Bertz CT molecular complexity index is 1910. The molecule has 2 aliphatic heterocycles. The van der Waals surface area contributed by atoms with Crippen LogP contribution in [-0.4, -0.2) is 44.2 Å². The number of hydrogen-bond acceptors (Lipinski definition) is 8. The van der Waals surface area contributed by atoms with Crippen molar-refractivity contribution in [3.8, 4) is 9.75 Å². The van der Waals surface area contributed by atoms with Crippen molar-refractivity contribution in [3.05, 3.63) is 91.0 Å². The molecule has 2 unspecified atom stereocenters. The fraction of sp³-hybridized carbons (Fsp3) is 0.286. The molecule has 7 rings (SSSR count). The summed E-state index contributed by atoms with van der Waals surface area (Å²) in [4.78, 5) is 25.5. The summed E-state index contributed by atoms with van der Waals surface area (Å²) in [6, 6.07) is 2.00. The summed E-state index contributed by atoms with van der Waals surface area (Å²) in [5, 5.41) is 0. The molecule has 2 fully saturated rings. The van der Waals surface area contributed by atoms with Gasteiger partial charge in [0.1, 0.15) is 11.5 Å². The lowest BCUT2D eigenvalue weighted by molar-refractivity contribution is -0.365. The predicted molar refractivity (Wildman–Crippen MR) is 136 cm³/mol. The van der Waals surface area contributed by atoms with Crippen molar-refractivity contribution in [2.24, 2.45) is 5.92 Å². The number of alkyl halides is 1. The zero-order valence-electron chi connectivity index (χ0n) is 22.2. The third-order valence-electron chi connectivity index (χ3n) is 7.81. The summed E-state index contributed by atoms with van der Waals surface area (Å²) >= 11 is 0.926. The zero-order valence-corrected chi connectivity index (χ0v) is 23.8. The maximum atomic E-state index is 14.7. The third kappa shape index (κ3) is 3.91. The molecule has 2 saturated heterocycles. The number of benzene rings is 1. The molecule has 0 saturated carbocycles. The molecule has 4 heterocycles. The first-order chi connectivity index (χ1) is 21.8. The Morgan fingerprint density at radius 1 is 0.630 bits per heavy atom. The molecule has 2 atom stereocenters. The van der Waals surface area contributed by atoms with Crippen LogP contribution < -0.4 is 0 Å². The number of halogens is 10. The molecule has 4 aliphatic rings. The molecule has 18 heteroatoms. The van der Waals surface area contributed by atoms with Gasteiger partial charge in [0.05, 0.1) is 45.9 Å². The van der Waals surface area contributed by atoms with Crippen molar-refractivity contribution in [1.82, 2.24) is 0 Å². The molecular weight excluding hydrogens is 686 g/mol. The van der Waals surface area contributed by atoms with E-state index in [0.717, 1.165) is 12.1 Å². The van der Waals surface area contributed by atoms with Crippen molar-refractivity contribution in [2.75, 3.05) is 26.4 Å². The SMILES string of the molecule is O=C(c1cc2c(s1)-c1sc(C(=O)C3C(F)=C(F)C(F)=C(F)C3F)cc1C1(OCCO1)C21OCCO1)c1c(F)c(F)c(F)c(F)c1F. The number of fused-ring (bicyclic) bond motifs is 6. The van der Waals surface area contributed by atoms with Crippen molar-refractivity contribution < 1.29 is 72.4 Å². The minimum Gasteiger partial charge on any atom is -0.339 e. The molecule has 0 amide bonds. The van der Waals surface area contributed by atoms with Crippen LogP contribution in [0, 0.1) is 35.0 Å². The van der Waals surface area contributed by atoms with Crippen molar-refractivity contribution >= 4 is 34.2 Å². The molecule has 0 bridgehead atoms. The molecular formula is C28H12F10O6S2. The molecule has 46 heavy (non-hydrogen) atoms. The van der Waals surface area contributed by atoms with Crippen LogP contribution >= 0.6 is 22.7 Å². The van der Waals surface area contributed by atoms with E-state index in [1.165, 1.54) is 0 Å². The maximum absolute atomic E-state index is 14.7. The van der Waals surface area contributed by atoms with Crippen LogP contribution in [0.1, 0.15) is 36.0 Å². The van der Waals surface area contributed by atoms with Gasteiger partial charge in [0.2, 0.25) is 11.6 Å². The van der Waals surface area contributed by atoms with Crippen LogP contribution in [0.5, 0.6) is 0 Å². The molecule has 242 valence electrons. The number of thiophene rings is 2. The number of carbonyl (C=O) groups excluding carboxylic acids is 2. The second-order valence-corrected chi connectivity index (χ2v) is 12.3. The Hall–Kier alpha value is -3.42. The van der Waals surface area contributed by atoms with Crippen molar-refractivity contribution in [2.45, 2.75) is 17.7 Å². The fourth-order valence-electron chi connectivity index (χ4n) is 5.78. The van der Waals surface area contributed by atoms with E-state index in [9.17, 15) is 53.5 Å². The van der Waals surface area contributed by atoms with Gasteiger partial charge in [-0.3, -0.25) is 9.59 Å².